The summed E-state index contributed by atoms with van der Waals surface area (Å²) in [5, 5.41) is 0. The van der Waals surface area contributed by atoms with E-state index in [1.165, 1.54) is 0 Å². The van der Waals surface area contributed by atoms with Crippen LogP contribution in [0.3, 0.4) is 0 Å². The zero-order valence-electron chi connectivity index (χ0n) is 9.76. The monoisotopic (exact) mass is 222 g/mol. The van der Waals surface area contributed by atoms with Gasteiger partial charge in [-0.05, 0) is 13.8 Å². The van der Waals surface area contributed by atoms with Crippen molar-refractivity contribution in [3.05, 3.63) is 18.1 Å². The van der Waals surface area contributed by atoms with Gasteiger partial charge in [0.15, 0.2) is 0 Å². The van der Waals surface area contributed by atoms with Crippen LogP contribution in [0.1, 0.15) is 19.5 Å². The molecule has 2 atom stereocenters. The highest BCUT2D eigenvalue weighted by Gasteiger charge is 2.24. The molecule has 0 bridgehead atoms. The SMILES string of the molecule is CC1CN(c2cnc(CN)cn2)C(C)CO1. The molecule has 0 amide bonds. The Kier molecular flexibility index (Phi) is 3.36. The fraction of sp³-hybridized carbons (Fsp3) is 0.636. The number of ether oxygens (including phenoxy) is 1. The van der Waals surface area contributed by atoms with E-state index >= 15 is 0 Å². The van der Waals surface area contributed by atoms with Crippen LogP contribution in [0.15, 0.2) is 12.4 Å². The lowest BCUT2D eigenvalue weighted by molar-refractivity contribution is 0.0340. The van der Waals surface area contributed by atoms with Gasteiger partial charge < -0.3 is 15.4 Å². The number of morpholine rings is 1. The van der Waals surface area contributed by atoms with Crippen LogP contribution in [0.5, 0.6) is 0 Å². The highest BCUT2D eigenvalue weighted by Crippen LogP contribution is 2.18. The number of rotatable bonds is 2. The van der Waals surface area contributed by atoms with Gasteiger partial charge in [0.05, 0.1) is 36.8 Å². The predicted molar refractivity (Wildman–Crippen MR) is 62.1 cm³/mol. The minimum Gasteiger partial charge on any atom is -0.375 e. The molecule has 2 heterocycles. The third-order valence-corrected chi connectivity index (χ3v) is 2.80. The van der Waals surface area contributed by atoms with E-state index in [1.54, 1.807) is 12.4 Å². The van der Waals surface area contributed by atoms with Gasteiger partial charge in [-0.25, -0.2) is 4.98 Å². The van der Waals surface area contributed by atoms with E-state index in [4.69, 9.17) is 10.5 Å². The van der Waals surface area contributed by atoms with Crippen molar-refractivity contribution in [3.63, 3.8) is 0 Å². The molecule has 0 spiro atoms. The molecule has 1 aliphatic rings. The van der Waals surface area contributed by atoms with Crippen LogP contribution >= 0.6 is 0 Å². The number of nitrogens with zero attached hydrogens (tertiary/aromatic N) is 3. The Balaban J connectivity index is 2.15. The summed E-state index contributed by atoms with van der Waals surface area (Å²) in [6.45, 7) is 6.23. The summed E-state index contributed by atoms with van der Waals surface area (Å²) >= 11 is 0. The van der Waals surface area contributed by atoms with Crippen LogP contribution in [-0.2, 0) is 11.3 Å². The van der Waals surface area contributed by atoms with Crippen molar-refractivity contribution < 1.29 is 4.74 Å². The number of anilines is 1. The van der Waals surface area contributed by atoms with Gasteiger partial charge in [0.2, 0.25) is 0 Å². The largest absolute Gasteiger partial charge is 0.375 e. The second-order valence-corrected chi connectivity index (χ2v) is 4.22. The Bertz CT molecular complexity index is 340. The fourth-order valence-corrected chi connectivity index (χ4v) is 1.82. The summed E-state index contributed by atoms with van der Waals surface area (Å²) < 4.78 is 5.58. The smallest absolute Gasteiger partial charge is 0.147 e. The molecule has 0 radical (unpaired) electrons. The van der Waals surface area contributed by atoms with Crippen LogP contribution in [-0.4, -0.2) is 35.3 Å². The Morgan fingerprint density at radius 2 is 2.25 bits per heavy atom. The highest BCUT2D eigenvalue weighted by molar-refractivity contribution is 5.38. The van der Waals surface area contributed by atoms with Crippen molar-refractivity contribution in [2.45, 2.75) is 32.5 Å². The average Bonchev–Trinajstić information content (AvgIpc) is 2.32. The first-order valence-corrected chi connectivity index (χ1v) is 5.60. The first-order chi connectivity index (χ1) is 7.70. The number of nitrogens with two attached hydrogens (primary N) is 1. The van der Waals surface area contributed by atoms with Crippen molar-refractivity contribution in [1.29, 1.82) is 0 Å². The molecule has 1 saturated heterocycles. The normalized spacial score (nSPS) is 25.8. The number of hydrogen-bond donors (Lipinski definition) is 1. The predicted octanol–water partition coefficient (Wildman–Crippen LogP) is 0.549. The van der Waals surface area contributed by atoms with E-state index in [9.17, 15) is 0 Å². The van der Waals surface area contributed by atoms with Crippen molar-refractivity contribution in [1.82, 2.24) is 9.97 Å². The third-order valence-electron chi connectivity index (χ3n) is 2.80. The summed E-state index contributed by atoms with van der Waals surface area (Å²) in [6, 6.07) is 0.342. The van der Waals surface area contributed by atoms with Crippen LogP contribution in [0.4, 0.5) is 5.82 Å². The van der Waals surface area contributed by atoms with Crippen LogP contribution in [0.2, 0.25) is 0 Å². The van der Waals surface area contributed by atoms with Gasteiger partial charge in [-0.2, -0.15) is 0 Å². The van der Waals surface area contributed by atoms with Crippen molar-refractivity contribution in [2.24, 2.45) is 5.73 Å². The maximum Gasteiger partial charge on any atom is 0.147 e. The van der Waals surface area contributed by atoms with Gasteiger partial charge in [0.1, 0.15) is 5.82 Å². The summed E-state index contributed by atoms with van der Waals surface area (Å²) in [6.07, 6.45) is 3.77. The van der Waals surface area contributed by atoms with Gasteiger partial charge >= 0.3 is 0 Å². The second kappa shape index (κ2) is 4.76. The molecule has 2 rings (SSSR count). The molecule has 5 nitrogen and oxygen atoms in total. The molecule has 0 saturated carbocycles. The molecule has 0 aromatic carbocycles. The maximum absolute atomic E-state index is 5.58. The molecular weight excluding hydrogens is 204 g/mol. The summed E-state index contributed by atoms with van der Waals surface area (Å²) in [4.78, 5) is 10.9. The van der Waals surface area contributed by atoms with Crippen LogP contribution in [0, 0.1) is 0 Å². The minimum atomic E-state index is 0.243. The fourth-order valence-electron chi connectivity index (χ4n) is 1.82. The molecule has 5 heteroatoms. The number of hydrogen-bond acceptors (Lipinski definition) is 5. The minimum absolute atomic E-state index is 0.243. The third kappa shape index (κ3) is 2.31. The lowest BCUT2D eigenvalue weighted by Gasteiger charge is -2.37. The van der Waals surface area contributed by atoms with Gasteiger partial charge in [0.25, 0.3) is 0 Å². The molecule has 16 heavy (non-hydrogen) atoms. The molecule has 1 fully saturated rings. The Morgan fingerprint density at radius 3 is 2.88 bits per heavy atom. The molecule has 0 aliphatic carbocycles. The van der Waals surface area contributed by atoms with E-state index < -0.39 is 0 Å². The standard InChI is InChI=1S/C11H18N4O/c1-8-7-16-9(2)6-15(8)11-5-13-10(3-12)4-14-11/h4-5,8-9H,3,6-7,12H2,1-2H3. The topological polar surface area (TPSA) is 64.3 Å². The molecule has 2 N–H and O–H groups in total. The zero-order chi connectivity index (χ0) is 11.5. The quantitative estimate of drug-likeness (QED) is 0.791. The van der Waals surface area contributed by atoms with Gasteiger partial charge in [-0.3, -0.25) is 4.98 Å². The summed E-state index contributed by atoms with van der Waals surface area (Å²) in [5.74, 6) is 0.903. The highest BCUT2D eigenvalue weighted by atomic mass is 16.5. The summed E-state index contributed by atoms with van der Waals surface area (Å²) in [7, 11) is 0. The van der Waals surface area contributed by atoms with Gasteiger partial charge in [-0.15, -0.1) is 0 Å². The summed E-state index contributed by atoms with van der Waals surface area (Å²) in [5.41, 5.74) is 6.31. The van der Waals surface area contributed by atoms with Crippen molar-refractivity contribution >= 4 is 5.82 Å². The lowest BCUT2D eigenvalue weighted by Crippen LogP contribution is -2.47. The Morgan fingerprint density at radius 1 is 1.44 bits per heavy atom. The first-order valence-electron chi connectivity index (χ1n) is 5.60. The molecule has 2 unspecified atom stereocenters. The van der Waals surface area contributed by atoms with E-state index in [0.717, 1.165) is 24.7 Å². The lowest BCUT2D eigenvalue weighted by atomic mass is 10.2. The Hall–Kier alpha value is -1.20. The molecular formula is C11H18N4O. The van der Waals surface area contributed by atoms with E-state index in [0.29, 0.717) is 12.6 Å². The second-order valence-electron chi connectivity index (χ2n) is 4.22. The first kappa shape index (κ1) is 11.3. The molecule has 88 valence electrons. The van der Waals surface area contributed by atoms with Crippen molar-refractivity contribution in [2.75, 3.05) is 18.1 Å². The van der Waals surface area contributed by atoms with Gasteiger partial charge in [-0.1, -0.05) is 0 Å². The van der Waals surface area contributed by atoms with Crippen molar-refractivity contribution in [3.8, 4) is 0 Å². The molecule has 1 aliphatic heterocycles. The maximum atomic E-state index is 5.58. The zero-order valence-corrected chi connectivity index (χ0v) is 9.76. The van der Waals surface area contributed by atoms with Crippen LogP contribution in [0.25, 0.3) is 0 Å². The molecule has 1 aromatic heterocycles. The Labute approximate surface area is 95.6 Å². The number of aromatic nitrogens is 2. The van der Waals surface area contributed by atoms with Gasteiger partial charge in [0, 0.05) is 13.1 Å². The average molecular weight is 222 g/mol. The molecule has 1 aromatic rings. The van der Waals surface area contributed by atoms with E-state index in [-0.39, 0.29) is 6.10 Å². The van der Waals surface area contributed by atoms with Crippen LogP contribution < -0.4 is 10.6 Å². The van der Waals surface area contributed by atoms with E-state index in [2.05, 4.69) is 28.7 Å². The van der Waals surface area contributed by atoms with E-state index in [1.807, 2.05) is 0 Å².